The minimum Gasteiger partial charge on any atom is -0.374 e. The first-order chi connectivity index (χ1) is 9.33. The van der Waals surface area contributed by atoms with Gasteiger partial charge in [-0.25, -0.2) is 9.97 Å². The molecule has 2 rings (SSSR count). The molecule has 0 aliphatic rings. The van der Waals surface area contributed by atoms with E-state index in [-0.39, 0.29) is 0 Å². The lowest BCUT2D eigenvalue weighted by atomic mass is 10.3. The molecular weight excluding hydrogens is 258 g/mol. The Labute approximate surface area is 117 Å². The fraction of sp³-hybridized carbons (Fsp3) is 0.429. The molecule has 5 heteroatoms. The van der Waals surface area contributed by atoms with Gasteiger partial charge in [0.1, 0.15) is 12.4 Å². The predicted octanol–water partition coefficient (Wildman–Crippen LogP) is 3.56. The molecule has 1 N–H and O–H groups in total. The summed E-state index contributed by atoms with van der Waals surface area (Å²) in [7, 11) is 0. The van der Waals surface area contributed by atoms with Crippen LogP contribution in [0.3, 0.4) is 0 Å². The number of ether oxygens (including phenoxy) is 1. The number of nitrogens with zero attached hydrogens (tertiary/aromatic N) is 2. The van der Waals surface area contributed by atoms with E-state index in [9.17, 15) is 0 Å². The average Bonchev–Trinajstić information content (AvgIpc) is 2.97. The molecule has 4 nitrogen and oxygen atoms in total. The van der Waals surface area contributed by atoms with Gasteiger partial charge in [0.05, 0.1) is 10.6 Å². The summed E-state index contributed by atoms with van der Waals surface area (Å²) in [6.45, 7) is 6.14. The molecule has 2 aromatic heterocycles. The van der Waals surface area contributed by atoms with E-state index in [1.165, 1.54) is 0 Å². The van der Waals surface area contributed by atoms with Crippen LogP contribution in [0.25, 0.3) is 10.6 Å². The molecule has 0 amide bonds. The molecule has 2 heterocycles. The van der Waals surface area contributed by atoms with Crippen molar-refractivity contribution in [3.63, 3.8) is 0 Å². The first-order valence-electron chi connectivity index (χ1n) is 6.57. The van der Waals surface area contributed by atoms with Gasteiger partial charge in [0.2, 0.25) is 0 Å². The van der Waals surface area contributed by atoms with Crippen LogP contribution in [0.5, 0.6) is 0 Å². The Hall–Kier alpha value is -1.46. The second kappa shape index (κ2) is 7.21. The largest absolute Gasteiger partial charge is 0.374 e. The molecule has 2 aromatic rings. The second-order valence-corrected chi connectivity index (χ2v) is 5.04. The van der Waals surface area contributed by atoms with Crippen LogP contribution in [0.2, 0.25) is 0 Å². The first kappa shape index (κ1) is 14.0. The minimum absolute atomic E-state index is 0.455. The van der Waals surface area contributed by atoms with Crippen LogP contribution < -0.4 is 5.32 Å². The minimum atomic E-state index is 0.455. The molecule has 0 saturated carbocycles. The van der Waals surface area contributed by atoms with Crippen molar-refractivity contribution in [2.75, 3.05) is 18.5 Å². The Morgan fingerprint density at radius 2 is 2.21 bits per heavy atom. The van der Waals surface area contributed by atoms with Crippen LogP contribution in [0.15, 0.2) is 23.6 Å². The van der Waals surface area contributed by atoms with Crippen LogP contribution in [0.4, 0.5) is 5.82 Å². The van der Waals surface area contributed by atoms with Gasteiger partial charge in [-0.3, -0.25) is 0 Å². The summed E-state index contributed by atoms with van der Waals surface area (Å²) in [4.78, 5) is 10.2. The van der Waals surface area contributed by atoms with Crippen molar-refractivity contribution in [1.82, 2.24) is 9.97 Å². The van der Waals surface area contributed by atoms with Crippen molar-refractivity contribution in [3.8, 4) is 10.6 Å². The van der Waals surface area contributed by atoms with Crippen LogP contribution >= 0.6 is 11.3 Å². The van der Waals surface area contributed by atoms with Crippen LogP contribution in [-0.2, 0) is 11.3 Å². The molecule has 0 radical (unpaired) electrons. The Kier molecular flexibility index (Phi) is 5.30. The van der Waals surface area contributed by atoms with Gasteiger partial charge in [-0.05, 0) is 24.8 Å². The van der Waals surface area contributed by atoms with Gasteiger partial charge in [-0.1, -0.05) is 13.0 Å². The summed E-state index contributed by atoms with van der Waals surface area (Å²) in [5.41, 5.74) is 0.957. The number of hydrogen-bond acceptors (Lipinski definition) is 5. The summed E-state index contributed by atoms with van der Waals surface area (Å²) in [5.74, 6) is 1.60. The molecule has 0 atom stereocenters. The van der Waals surface area contributed by atoms with E-state index >= 15 is 0 Å². The predicted molar refractivity (Wildman–Crippen MR) is 79.5 cm³/mol. The zero-order valence-corrected chi connectivity index (χ0v) is 12.2. The van der Waals surface area contributed by atoms with E-state index in [0.717, 1.165) is 35.2 Å². The van der Waals surface area contributed by atoms with Gasteiger partial charge in [-0.15, -0.1) is 11.3 Å². The summed E-state index contributed by atoms with van der Waals surface area (Å²) in [6.07, 6.45) is 1.07. The molecule has 0 fully saturated rings. The van der Waals surface area contributed by atoms with Crippen LogP contribution in [0, 0.1) is 0 Å². The van der Waals surface area contributed by atoms with Crippen molar-refractivity contribution in [3.05, 3.63) is 29.4 Å². The van der Waals surface area contributed by atoms with Crippen molar-refractivity contribution in [2.24, 2.45) is 0 Å². The van der Waals surface area contributed by atoms with Gasteiger partial charge < -0.3 is 10.1 Å². The average molecular weight is 277 g/mol. The highest BCUT2D eigenvalue weighted by molar-refractivity contribution is 7.13. The standard InChI is InChI=1S/C14H19N3OS/c1-3-7-15-13-9-11(12-6-5-8-19-12)16-14(17-13)10-18-4-2/h5-6,8-9H,3-4,7,10H2,1-2H3,(H,15,16,17). The number of nitrogens with one attached hydrogen (secondary N) is 1. The smallest absolute Gasteiger partial charge is 0.157 e. The number of hydrogen-bond donors (Lipinski definition) is 1. The van der Waals surface area contributed by atoms with Crippen molar-refractivity contribution in [1.29, 1.82) is 0 Å². The molecule has 0 spiro atoms. The maximum Gasteiger partial charge on any atom is 0.157 e. The van der Waals surface area contributed by atoms with Crippen molar-refractivity contribution < 1.29 is 4.74 Å². The zero-order valence-electron chi connectivity index (χ0n) is 11.3. The molecule has 0 saturated heterocycles. The molecule has 0 bridgehead atoms. The maximum atomic E-state index is 5.40. The second-order valence-electron chi connectivity index (χ2n) is 4.10. The van der Waals surface area contributed by atoms with Gasteiger partial charge in [0.15, 0.2) is 5.82 Å². The van der Waals surface area contributed by atoms with Crippen LogP contribution in [0.1, 0.15) is 26.1 Å². The van der Waals surface area contributed by atoms with Crippen LogP contribution in [-0.4, -0.2) is 23.1 Å². The topological polar surface area (TPSA) is 47.0 Å². The highest BCUT2D eigenvalue weighted by Crippen LogP contribution is 2.24. The van der Waals surface area contributed by atoms with Crippen molar-refractivity contribution >= 4 is 17.2 Å². The Morgan fingerprint density at radius 3 is 2.89 bits per heavy atom. The third-order valence-corrected chi connectivity index (χ3v) is 3.43. The lowest BCUT2D eigenvalue weighted by Crippen LogP contribution is -2.07. The van der Waals surface area contributed by atoms with Gasteiger partial charge in [-0.2, -0.15) is 0 Å². The monoisotopic (exact) mass is 277 g/mol. The molecule has 0 aliphatic heterocycles. The van der Waals surface area contributed by atoms with Gasteiger partial charge >= 0.3 is 0 Å². The van der Waals surface area contributed by atoms with E-state index < -0.39 is 0 Å². The SMILES string of the molecule is CCCNc1cc(-c2cccs2)nc(COCC)n1. The number of aromatic nitrogens is 2. The summed E-state index contributed by atoms with van der Waals surface area (Å²) >= 11 is 1.68. The normalized spacial score (nSPS) is 10.6. The first-order valence-corrected chi connectivity index (χ1v) is 7.45. The Balaban J connectivity index is 2.25. The lowest BCUT2D eigenvalue weighted by molar-refractivity contribution is 0.128. The fourth-order valence-electron chi connectivity index (χ4n) is 1.65. The maximum absolute atomic E-state index is 5.40. The molecule has 0 unspecified atom stereocenters. The highest BCUT2D eigenvalue weighted by Gasteiger charge is 2.07. The van der Waals surface area contributed by atoms with Crippen molar-refractivity contribution in [2.45, 2.75) is 26.9 Å². The van der Waals surface area contributed by atoms with E-state index in [1.807, 2.05) is 19.1 Å². The summed E-state index contributed by atoms with van der Waals surface area (Å²) in [6, 6.07) is 6.10. The number of thiophene rings is 1. The third-order valence-electron chi connectivity index (χ3n) is 2.54. The highest BCUT2D eigenvalue weighted by atomic mass is 32.1. The number of rotatable bonds is 7. The Bertz CT molecular complexity index is 473. The quantitative estimate of drug-likeness (QED) is 0.840. The zero-order chi connectivity index (χ0) is 13.5. The van der Waals surface area contributed by atoms with Gasteiger partial charge in [0.25, 0.3) is 0 Å². The van der Waals surface area contributed by atoms with E-state index in [4.69, 9.17) is 4.74 Å². The lowest BCUT2D eigenvalue weighted by Gasteiger charge is -2.08. The Morgan fingerprint density at radius 1 is 1.32 bits per heavy atom. The van der Waals surface area contributed by atoms with Gasteiger partial charge in [0, 0.05) is 19.2 Å². The van der Waals surface area contributed by atoms with E-state index in [1.54, 1.807) is 11.3 Å². The molecule has 0 aromatic carbocycles. The number of anilines is 1. The molecule has 19 heavy (non-hydrogen) atoms. The summed E-state index contributed by atoms with van der Waals surface area (Å²) < 4.78 is 5.40. The fourth-order valence-corrected chi connectivity index (χ4v) is 2.34. The van der Waals surface area contributed by atoms with E-state index in [2.05, 4.69) is 33.7 Å². The summed E-state index contributed by atoms with van der Waals surface area (Å²) in [5, 5.41) is 5.37. The third kappa shape index (κ3) is 4.01. The molecule has 102 valence electrons. The van der Waals surface area contributed by atoms with E-state index in [0.29, 0.717) is 13.2 Å². The molecule has 0 aliphatic carbocycles. The molecular formula is C14H19N3OS.